The molecule has 0 spiro atoms. The topological polar surface area (TPSA) is 9.23 Å². The average molecular weight is 308 g/mol. The van der Waals surface area contributed by atoms with E-state index in [0.717, 1.165) is 23.3 Å². The maximum absolute atomic E-state index is 5.73. The molecule has 2 aromatic carbocycles. The third-order valence-electron chi connectivity index (χ3n) is 3.89. The number of para-hydroxylation sites is 1. The van der Waals surface area contributed by atoms with Crippen LogP contribution in [0.5, 0.6) is 5.75 Å². The first-order chi connectivity index (χ1) is 10.8. The summed E-state index contributed by atoms with van der Waals surface area (Å²) >= 11 is 1.87. The molecular weight excluding hydrogens is 288 g/mol. The zero-order valence-electron chi connectivity index (χ0n) is 13.0. The average Bonchev–Trinajstić information content (AvgIpc) is 3.06. The highest BCUT2D eigenvalue weighted by atomic mass is 32.2. The van der Waals surface area contributed by atoms with Crippen LogP contribution in [-0.4, -0.2) is 12.4 Å². The fourth-order valence-electron chi connectivity index (χ4n) is 2.74. The smallest absolute Gasteiger partial charge is 0.133 e. The first-order valence-corrected chi connectivity index (χ1v) is 8.45. The van der Waals surface area contributed by atoms with E-state index in [4.69, 9.17) is 4.74 Å². The molecule has 1 aliphatic rings. The van der Waals surface area contributed by atoms with Crippen molar-refractivity contribution in [3.8, 4) is 16.9 Å². The number of methoxy groups -OCH3 is 1. The molecule has 0 fully saturated rings. The molecule has 1 heterocycles. The van der Waals surface area contributed by atoms with Crippen LogP contribution in [-0.2, 0) is 0 Å². The summed E-state index contributed by atoms with van der Waals surface area (Å²) in [6.07, 6.45) is 7.79. The molecule has 1 nitrogen and oxygen atoms in total. The Bertz CT molecular complexity index is 707. The van der Waals surface area contributed by atoms with Crippen LogP contribution in [0, 0.1) is 6.92 Å². The Hall–Kier alpha value is -1.93. The van der Waals surface area contributed by atoms with Crippen molar-refractivity contribution in [3.63, 3.8) is 0 Å². The molecule has 2 heteroatoms. The van der Waals surface area contributed by atoms with Crippen molar-refractivity contribution >= 4 is 17.8 Å². The molecule has 0 radical (unpaired) electrons. The molecule has 0 aliphatic carbocycles. The number of allylic oxidation sites excluding steroid dienone is 1. The van der Waals surface area contributed by atoms with E-state index in [2.05, 4.69) is 73.0 Å². The van der Waals surface area contributed by atoms with E-state index >= 15 is 0 Å². The van der Waals surface area contributed by atoms with Crippen LogP contribution in [0.3, 0.4) is 0 Å². The van der Waals surface area contributed by atoms with E-state index in [1.807, 2.05) is 11.8 Å². The zero-order chi connectivity index (χ0) is 15.4. The van der Waals surface area contributed by atoms with Crippen LogP contribution in [0.25, 0.3) is 17.2 Å². The third-order valence-corrected chi connectivity index (χ3v) is 4.94. The first-order valence-electron chi connectivity index (χ1n) is 7.51. The Morgan fingerprint density at radius 2 is 1.91 bits per heavy atom. The van der Waals surface area contributed by atoms with Crippen molar-refractivity contribution in [3.05, 3.63) is 71.2 Å². The van der Waals surface area contributed by atoms with Gasteiger partial charge in [0.05, 0.1) is 7.11 Å². The normalized spacial score (nSPS) is 17.3. The molecule has 2 aromatic rings. The van der Waals surface area contributed by atoms with Crippen molar-refractivity contribution in [2.75, 3.05) is 7.11 Å². The van der Waals surface area contributed by atoms with Crippen molar-refractivity contribution < 1.29 is 4.74 Å². The first kappa shape index (κ1) is 15.0. The van der Waals surface area contributed by atoms with Crippen LogP contribution < -0.4 is 4.74 Å². The summed E-state index contributed by atoms with van der Waals surface area (Å²) in [5.74, 6) is 0.948. The minimum absolute atomic E-state index is 0.548. The van der Waals surface area contributed by atoms with Gasteiger partial charge < -0.3 is 4.74 Å². The predicted molar refractivity (Wildman–Crippen MR) is 97.3 cm³/mol. The van der Waals surface area contributed by atoms with E-state index in [9.17, 15) is 0 Å². The summed E-state index contributed by atoms with van der Waals surface area (Å²) in [6.45, 7) is 2.14. The second-order valence-electron chi connectivity index (χ2n) is 5.38. The Kier molecular flexibility index (Phi) is 4.69. The van der Waals surface area contributed by atoms with Gasteiger partial charge in [0, 0.05) is 16.4 Å². The maximum Gasteiger partial charge on any atom is 0.133 e. The second kappa shape index (κ2) is 6.89. The van der Waals surface area contributed by atoms with Gasteiger partial charge in [-0.15, -0.1) is 11.8 Å². The monoisotopic (exact) mass is 308 g/mol. The Balaban J connectivity index is 1.98. The van der Waals surface area contributed by atoms with E-state index in [1.165, 1.54) is 11.1 Å². The van der Waals surface area contributed by atoms with Gasteiger partial charge >= 0.3 is 0 Å². The minimum Gasteiger partial charge on any atom is -0.495 e. The number of hydrogen-bond acceptors (Lipinski definition) is 2. The zero-order valence-corrected chi connectivity index (χ0v) is 13.8. The van der Waals surface area contributed by atoms with Gasteiger partial charge in [-0.2, -0.15) is 0 Å². The van der Waals surface area contributed by atoms with Crippen molar-refractivity contribution in [1.82, 2.24) is 0 Å². The van der Waals surface area contributed by atoms with E-state index in [-0.39, 0.29) is 0 Å². The maximum atomic E-state index is 5.73. The van der Waals surface area contributed by atoms with Crippen molar-refractivity contribution in [2.24, 2.45) is 0 Å². The third kappa shape index (κ3) is 3.12. The number of hydrogen-bond donors (Lipinski definition) is 0. The van der Waals surface area contributed by atoms with Crippen LogP contribution >= 0.6 is 11.8 Å². The Morgan fingerprint density at radius 3 is 2.64 bits per heavy atom. The largest absolute Gasteiger partial charge is 0.495 e. The quantitative estimate of drug-likeness (QED) is 0.716. The van der Waals surface area contributed by atoms with Crippen molar-refractivity contribution in [1.29, 1.82) is 0 Å². The molecule has 1 unspecified atom stereocenters. The minimum atomic E-state index is 0.548. The molecule has 1 aliphatic heterocycles. The number of rotatable bonds is 4. The molecule has 0 amide bonds. The lowest BCUT2D eigenvalue weighted by molar-refractivity contribution is 0.415. The fourth-order valence-corrected chi connectivity index (χ4v) is 3.55. The number of aryl methyl sites for hydroxylation is 1. The lowest BCUT2D eigenvalue weighted by atomic mass is 9.97. The lowest BCUT2D eigenvalue weighted by Crippen LogP contribution is -1.94. The van der Waals surface area contributed by atoms with Gasteiger partial charge in [-0.05, 0) is 29.9 Å². The Morgan fingerprint density at radius 1 is 1.09 bits per heavy atom. The van der Waals surface area contributed by atoms with Gasteiger partial charge in [0.1, 0.15) is 5.75 Å². The van der Waals surface area contributed by atoms with Gasteiger partial charge in [-0.1, -0.05) is 60.7 Å². The van der Waals surface area contributed by atoms with Crippen LogP contribution in [0.15, 0.2) is 60.0 Å². The number of ether oxygens (including phenoxy) is 1. The van der Waals surface area contributed by atoms with Crippen molar-refractivity contribution in [2.45, 2.75) is 18.6 Å². The summed E-state index contributed by atoms with van der Waals surface area (Å²) in [7, 11) is 1.75. The standard InChI is InChI=1S/C20H20OS/c1-15-7-3-4-10-18(15)19-11-5-8-16(20(19)21-2)12-13-17-9-6-14-22-17/h3-8,10-14,17H,9H2,1-2H3. The number of benzene rings is 2. The van der Waals surface area contributed by atoms with E-state index in [0.29, 0.717) is 5.25 Å². The molecule has 3 rings (SSSR count). The Labute approximate surface area is 136 Å². The van der Waals surface area contributed by atoms with Gasteiger partial charge in [-0.3, -0.25) is 0 Å². The number of thioether (sulfide) groups is 1. The van der Waals surface area contributed by atoms with E-state index in [1.54, 1.807) is 7.11 Å². The highest BCUT2D eigenvalue weighted by molar-refractivity contribution is 8.03. The summed E-state index contributed by atoms with van der Waals surface area (Å²) in [5, 5.41) is 2.72. The molecule has 0 N–H and O–H groups in total. The second-order valence-corrected chi connectivity index (χ2v) is 6.53. The molecule has 0 aromatic heterocycles. The lowest BCUT2D eigenvalue weighted by Gasteiger charge is -2.14. The summed E-state index contributed by atoms with van der Waals surface area (Å²) < 4.78 is 5.73. The highest BCUT2D eigenvalue weighted by Gasteiger charge is 2.12. The fraction of sp³-hybridized carbons (Fsp3) is 0.200. The molecule has 0 bridgehead atoms. The molecule has 112 valence electrons. The molecule has 22 heavy (non-hydrogen) atoms. The highest BCUT2D eigenvalue weighted by Crippen LogP contribution is 2.36. The van der Waals surface area contributed by atoms with E-state index < -0.39 is 0 Å². The SMILES string of the molecule is COc1c(C=CC2CC=CS2)cccc1-c1ccccc1C. The molecule has 1 atom stereocenters. The van der Waals surface area contributed by atoms with Crippen LogP contribution in [0.1, 0.15) is 17.5 Å². The summed E-state index contributed by atoms with van der Waals surface area (Å²) in [6, 6.07) is 14.8. The molecule has 0 saturated heterocycles. The molecular formula is C20H20OS. The molecule has 0 saturated carbocycles. The van der Waals surface area contributed by atoms with Gasteiger partial charge in [0.25, 0.3) is 0 Å². The van der Waals surface area contributed by atoms with Crippen LogP contribution in [0.2, 0.25) is 0 Å². The predicted octanol–water partition coefficient (Wildman–Crippen LogP) is 5.70. The van der Waals surface area contributed by atoms with Gasteiger partial charge in [0.2, 0.25) is 0 Å². The summed E-state index contributed by atoms with van der Waals surface area (Å²) in [5.41, 5.74) is 4.78. The summed E-state index contributed by atoms with van der Waals surface area (Å²) in [4.78, 5) is 0. The van der Waals surface area contributed by atoms with Gasteiger partial charge in [-0.25, -0.2) is 0 Å². The van der Waals surface area contributed by atoms with Crippen LogP contribution in [0.4, 0.5) is 0 Å². The van der Waals surface area contributed by atoms with Gasteiger partial charge in [0.15, 0.2) is 0 Å².